The number of sulfonamides is 1. The SMILES string of the molecule is Cc1ccnc2nc(C(=O)OCC(=O)N3CCN(S(=O)(=O)c4ccc5ccccc5c4)CC3)nn12. The summed E-state index contributed by atoms with van der Waals surface area (Å²) in [6, 6.07) is 14.3. The highest BCUT2D eigenvalue weighted by Crippen LogP contribution is 2.23. The number of esters is 1. The van der Waals surface area contributed by atoms with Gasteiger partial charge in [0.25, 0.3) is 17.5 Å². The molecule has 0 aliphatic carbocycles. The third-order valence-electron chi connectivity index (χ3n) is 5.89. The number of aromatic nitrogens is 4. The average molecular weight is 495 g/mol. The quantitative estimate of drug-likeness (QED) is 0.380. The lowest BCUT2D eigenvalue weighted by atomic mass is 10.1. The second-order valence-corrected chi connectivity index (χ2v) is 10.0. The number of carbonyl (C=O) groups excluding carboxylic acids is 2. The van der Waals surface area contributed by atoms with Crippen LogP contribution in [-0.4, -0.2) is 81.9 Å². The molecule has 0 unspecified atom stereocenters. The molecule has 1 saturated heterocycles. The van der Waals surface area contributed by atoms with Gasteiger partial charge in [-0.2, -0.15) is 9.29 Å². The molecule has 180 valence electrons. The molecule has 12 heteroatoms. The number of amides is 1. The molecule has 1 aliphatic rings. The van der Waals surface area contributed by atoms with Crippen LogP contribution in [0.2, 0.25) is 0 Å². The lowest BCUT2D eigenvalue weighted by Crippen LogP contribution is -2.51. The molecule has 0 N–H and O–H groups in total. The number of hydrogen-bond donors (Lipinski definition) is 0. The second kappa shape index (κ2) is 9.04. The van der Waals surface area contributed by atoms with Crippen LogP contribution >= 0.6 is 0 Å². The van der Waals surface area contributed by atoms with E-state index in [1.165, 1.54) is 13.7 Å². The molecule has 3 heterocycles. The minimum atomic E-state index is -3.70. The van der Waals surface area contributed by atoms with Crippen molar-refractivity contribution in [3.05, 3.63) is 66.2 Å². The number of nitrogens with zero attached hydrogens (tertiary/aromatic N) is 6. The fourth-order valence-corrected chi connectivity index (χ4v) is 5.39. The van der Waals surface area contributed by atoms with Gasteiger partial charge in [0.1, 0.15) is 0 Å². The Morgan fingerprint density at radius 1 is 1.00 bits per heavy atom. The van der Waals surface area contributed by atoms with Gasteiger partial charge in [-0.3, -0.25) is 4.79 Å². The van der Waals surface area contributed by atoms with E-state index in [0.29, 0.717) is 0 Å². The standard InChI is InChI=1S/C23H22N6O5S/c1-16-8-9-24-23-25-21(26-29(16)23)22(31)34-15-20(30)27-10-12-28(13-11-27)35(32,33)19-7-6-17-4-2-3-5-18(17)14-19/h2-9,14H,10-13,15H2,1H3. The van der Waals surface area contributed by atoms with Gasteiger partial charge in [0.05, 0.1) is 4.90 Å². The Labute approximate surface area is 201 Å². The maximum atomic E-state index is 13.1. The number of rotatable bonds is 5. The number of fused-ring (bicyclic) bond motifs is 2. The van der Waals surface area contributed by atoms with E-state index in [1.54, 1.807) is 37.4 Å². The molecular weight excluding hydrogens is 472 g/mol. The fourth-order valence-electron chi connectivity index (χ4n) is 3.93. The van der Waals surface area contributed by atoms with Crippen LogP contribution in [0.1, 0.15) is 16.3 Å². The second-order valence-electron chi connectivity index (χ2n) is 8.10. The van der Waals surface area contributed by atoms with Crippen molar-refractivity contribution in [1.82, 2.24) is 28.8 Å². The Balaban J connectivity index is 1.18. The molecule has 1 fully saturated rings. The molecule has 2 aromatic heterocycles. The Kier molecular flexibility index (Phi) is 5.91. The molecule has 5 rings (SSSR count). The van der Waals surface area contributed by atoms with Crippen LogP contribution < -0.4 is 0 Å². The number of carbonyl (C=O) groups is 2. The number of benzene rings is 2. The van der Waals surface area contributed by atoms with E-state index in [1.807, 2.05) is 24.3 Å². The van der Waals surface area contributed by atoms with Gasteiger partial charge in [-0.1, -0.05) is 30.3 Å². The van der Waals surface area contributed by atoms with E-state index >= 15 is 0 Å². The first-order chi connectivity index (χ1) is 16.8. The van der Waals surface area contributed by atoms with Gasteiger partial charge >= 0.3 is 5.97 Å². The maximum absolute atomic E-state index is 13.1. The summed E-state index contributed by atoms with van der Waals surface area (Å²) in [5.74, 6) is -1.18. The van der Waals surface area contributed by atoms with Gasteiger partial charge in [-0.05, 0) is 35.9 Å². The molecule has 2 aromatic carbocycles. The number of aryl methyl sites for hydroxylation is 1. The van der Waals surface area contributed by atoms with Crippen molar-refractivity contribution in [1.29, 1.82) is 0 Å². The summed E-state index contributed by atoms with van der Waals surface area (Å²) in [5, 5.41) is 5.86. The molecule has 4 aromatic rings. The van der Waals surface area contributed by atoms with E-state index in [9.17, 15) is 18.0 Å². The molecule has 11 nitrogen and oxygen atoms in total. The summed E-state index contributed by atoms with van der Waals surface area (Å²) >= 11 is 0. The zero-order valence-corrected chi connectivity index (χ0v) is 19.7. The van der Waals surface area contributed by atoms with Crippen LogP contribution in [-0.2, 0) is 19.6 Å². The Bertz CT molecular complexity index is 1540. The summed E-state index contributed by atoms with van der Waals surface area (Å²) in [6.45, 7) is 1.99. The van der Waals surface area contributed by atoms with Crippen molar-refractivity contribution in [2.45, 2.75) is 11.8 Å². The number of piperazine rings is 1. The summed E-state index contributed by atoms with van der Waals surface area (Å²) < 4.78 is 34.1. The molecule has 1 amide bonds. The van der Waals surface area contributed by atoms with Crippen molar-refractivity contribution in [2.75, 3.05) is 32.8 Å². The lowest BCUT2D eigenvalue weighted by Gasteiger charge is -2.33. The van der Waals surface area contributed by atoms with E-state index in [0.717, 1.165) is 16.5 Å². The van der Waals surface area contributed by atoms with Gasteiger partial charge in [0.15, 0.2) is 6.61 Å². The van der Waals surface area contributed by atoms with Crippen LogP contribution in [0.3, 0.4) is 0 Å². The van der Waals surface area contributed by atoms with Gasteiger partial charge in [0.2, 0.25) is 10.0 Å². The predicted molar refractivity (Wildman–Crippen MR) is 125 cm³/mol. The molecule has 35 heavy (non-hydrogen) atoms. The lowest BCUT2D eigenvalue weighted by molar-refractivity contribution is -0.135. The zero-order chi connectivity index (χ0) is 24.6. The Morgan fingerprint density at radius 2 is 1.74 bits per heavy atom. The first-order valence-corrected chi connectivity index (χ1v) is 12.4. The molecule has 0 bridgehead atoms. The highest BCUT2D eigenvalue weighted by atomic mass is 32.2. The fraction of sp³-hybridized carbons (Fsp3) is 0.261. The molecule has 1 aliphatic heterocycles. The molecule has 0 radical (unpaired) electrons. The predicted octanol–water partition coefficient (Wildman–Crippen LogP) is 1.28. The van der Waals surface area contributed by atoms with E-state index < -0.39 is 28.5 Å². The summed E-state index contributed by atoms with van der Waals surface area (Å²) in [4.78, 5) is 34.6. The van der Waals surface area contributed by atoms with Crippen LogP contribution in [0.15, 0.2) is 59.6 Å². The minimum Gasteiger partial charge on any atom is -0.450 e. The highest BCUT2D eigenvalue weighted by molar-refractivity contribution is 7.89. The molecular formula is C23H22N6O5S. The third kappa shape index (κ3) is 4.45. The summed E-state index contributed by atoms with van der Waals surface area (Å²) in [5.41, 5.74) is 0.745. The normalized spacial score (nSPS) is 14.9. The monoisotopic (exact) mass is 494 g/mol. The van der Waals surface area contributed by atoms with Crippen molar-refractivity contribution in [2.24, 2.45) is 0 Å². The van der Waals surface area contributed by atoms with Gasteiger partial charge in [-0.15, -0.1) is 5.10 Å². The largest absolute Gasteiger partial charge is 0.450 e. The zero-order valence-electron chi connectivity index (χ0n) is 18.9. The van der Waals surface area contributed by atoms with Gasteiger partial charge < -0.3 is 9.64 Å². The average Bonchev–Trinajstić information content (AvgIpc) is 3.33. The first kappa shape index (κ1) is 22.9. The van der Waals surface area contributed by atoms with Crippen LogP contribution in [0.5, 0.6) is 0 Å². The summed E-state index contributed by atoms with van der Waals surface area (Å²) in [6.07, 6.45) is 1.55. The third-order valence-corrected chi connectivity index (χ3v) is 7.78. The van der Waals surface area contributed by atoms with Gasteiger partial charge in [-0.25, -0.2) is 22.7 Å². The van der Waals surface area contributed by atoms with Crippen LogP contribution in [0, 0.1) is 6.92 Å². The van der Waals surface area contributed by atoms with Crippen LogP contribution in [0.4, 0.5) is 0 Å². The maximum Gasteiger partial charge on any atom is 0.378 e. The van der Waals surface area contributed by atoms with E-state index in [-0.39, 0.29) is 42.7 Å². The highest BCUT2D eigenvalue weighted by Gasteiger charge is 2.30. The minimum absolute atomic E-state index is 0.147. The van der Waals surface area contributed by atoms with E-state index in [4.69, 9.17) is 4.74 Å². The molecule has 0 spiro atoms. The van der Waals surface area contributed by atoms with Crippen molar-refractivity contribution < 1.29 is 22.7 Å². The molecule has 0 atom stereocenters. The van der Waals surface area contributed by atoms with Crippen molar-refractivity contribution >= 4 is 38.4 Å². The van der Waals surface area contributed by atoms with E-state index in [2.05, 4.69) is 15.1 Å². The smallest absolute Gasteiger partial charge is 0.378 e. The van der Waals surface area contributed by atoms with Crippen molar-refractivity contribution in [3.8, 4) is 0 Å². The van der Waals surface area contributed by atoms with Crippen LogP contribution in [0.25, 0.3) is 16.6 Å². The van der Waals surface area contributed by atoms with Crippen molar-refractivity contribution in [3.63, 3.8) is 0 Å². The number of hydrogen-bond acceptors (Lipinski definition) is 8. The van der Waals surface area contributed by atoms with Gasteiger partial charge in [0, 0.05) is 38.1 Å². The molecule has 0 saturated carbocycles. The Morgan fingerprint density at radius 3 is 2.49 bits per heavy atom. The first-order valence-electron chi connectivity index (χ1n) is 11.0. The summed E-state index contributed by atoms with van der Waals surface area (Å²) in [7, 11) is -3.70. The Hall–Kier alpha value is -3.90. The number of ether oxygens (including phenoxy) is 1. The topological polar surface area (TPSA) is 127 Å².